The fourth-order valence-electron chi connectivity index (χ4n) is 5.25. The van der Waals surface area contributed by atoms with Crippen LogP contribution < -0.4 is 20.7 Å². The molecular formula is C25H32F3N7O4. The molecule has 2 aliphatic rings. The van der Waals surface area contributed by atoms with Crippen LogP contribution in [0.15, 0.2) is 30.5 Å². The Morgan fingerprint density at radius 2 is 1.92 bits per heavy atom. The number of anilines is 2. The van der Waals surface area contributed by atoms with E-state index in [9.17, 15) is 28.1 Å². The average Bonchev–Trinajstić information content (AvgIpc) is 3.34. The maximum absolute atomic E-state index is 12.7. The molecule has 1 aromatic carbocycles. The summed E-state index contributed by atoms with van der Waals surface area (Å²) >= 11 is 0. The maximum atomic E-state index is 12.7. The molecule has 2 fully saturated rings. The van der Waals surface area contributed by atoms with Crippen LogP contribution in [0.5, 0.6) is 5.75 Å². The minimum absolute atomic E-state index is 0.00547. The Morgan fingerprint density at radius 3 is 2.62 bits per heavy atom. The number of carbonyl (C=O) groups excluding carboxylic acids is 1. The summed E-state index contributed by atoms with van der Waals surface area (Å²) < 4.78 is 42.2. The number of aromatic nitrogens is 2. The van der Waals surface area contributed by atoms with E-state index in [4.69, 9.17) is 0 Å². The monoisotopic (exact) mass is 551 g/mol. The molecule has 2 heterocycles. The van der Waals surface area contributed by atoms with Crippen LogP contribution in [-0.2, 0) is 11.3 Å². The molecule has 4 rings (SSSR count). The molecule has 39 heavy (non-hydrogen) atoms. The van der Waals surface area contributed by atoms with Gasteiger partial charge in [-0.05, 0) is 44.1 Å². The first-order valence-electron chi connectivity index (χ1n) is 12.9. The van der Waals surface area contributed by atoms with Crippen LogP contribution >= 0.6 is 0 Å². The van der Waals surface area contributed by atoms with Gasteiger partial charge in [0.25, 0.3) is 0 Å². The molecule has 2 aromatic rings. The standard InChI is InChI=1S/C25H32F3N7O4/c1-16(36)32-19-10-11-34(15-19)20-8-6-17(7-9-20)12-29-23-21(35(37)38)14-31-24(33-23)30-13-18-4-2-3-5-22(18)39-25(26,27)28/h2-5,14,17,19-20H,6-13,15H2,1H3,(H,32,36)(H2,29,30,31,33)/t17-,19-,20-/m0/s1. The SMILES string of the molecule is CC(=O)N[C@H]1CCN([C@H]2CC[C@H](CNc3nc(NCc4ccccc4OC(F)(F)F)ncc3[N+](=O)[O-])CC2)C1. The second-order valence-electron chi connectivity index (χ2n) is 9.93. The summed E-state index contributed by atoms with van der Waals surface area (Å²) in [6, 6.07) is 6.34. The van der Waals surface area contributed by atoms with Gasteiger partial charge in [0.1, 0.15) is 11.9 Å². The lowest BCUT2D eigenvalue weighted by Gasteiger charge is -2.34. The third kappa shape index (κ3) is 8.15. The van der Waals surface area contributed by atoms with Gasteiger partial charge >= 0.3 is 12.0 Å². The number of nitro groups is 1. The Balaban J connectivity index is 1.31. The number of ether oxygens (including phenoxy) is 1. The van der Waals surface area contributed by atoms with Crippen molar-refractivity contribution in [1.82, 2.24) is 20.2 Å². The summed E-state index contributed by atoms with van der Waals surface area (Å²) in [7, 11) is 0. The first kappa shape index (κ1) is 28.3. The number of para-hydroxylation sites is 1. The highest BCUT2D eigenvalue weighted by atomic mass is 19.4. The van der Waals surface area contributed by atoms with Crippen molar-refractivity contribution in [3.8, 4) is 5.75 Å². The molecule has 1 atom stereocenters. The predicted molar refractivity (Wildman–Crippen MR) is 137 cm³/mol. The zero-order valence-electron chi connectivity index (χ0n) is 21.5. The van der Waals surface area contributed by atoms with Gasteiger partial charge in [0, 0.05) is 50.7 Å². The van der Waals surface area contributed by atoms with Gasteiger partial charge in [0.15, 0.2) is 0 Å². The lowest BCUT2D eigenvalue weighted by molar-refractivity contribution is -0.384. The van der Waals surface area contributed by atoms with Gasteiger partial charge in [0.2, 0.25) is 17.7 Å². The molecule has 1 aliphatic heterocycles. The van der Waals surface area contributed by atoms with E-state index < -0.39 is 11.3 Å². The number of likely N-dealkylation sites (tertiary alicyclic amines) is 1. The molecule has 1 amide bonds. The van der Waals surface area contributed by atoms with E-state index in [2.05, 4.69) is 35.6 Å². The number of benzene rings is 1. The van der Waals surface area contributed by atoms with Crippen molar-refractivity contribution in [1.29, 1.82) is 0 Å². The second kappa shape index (κ2) is 12.5. The second-order valence-corrected chi connectivity index (χ2v) is 9.93. The van der Waals surface area contributed by atoms with E-state index in [0.717, 1.165) is 51.4 Å². The molecule has 11 nitrogen and oxygen atoms in total. The van der Waals surface area contributed by atoms with Gasteiger partial charge in [-0.25, -0.2) is 4.98 Å². The van der Waals surface area contributed by atoms with Crippen LogP contribution in [-0.4, -0.2) is 63.8 Å². The predicted octanol–water partition coefficient (Wildman–Crippen LogP) is 4.08. The van der Waals surface area contributed by atoms with Crippen molar-refractivity contribution in [3.63, 3.8) is 0 Å². The molecule has 212 valence electrons. The highest BCUT2D eigenvalue weighted by Gasteiger charge is 2.33. The maximum Gasteiger partial charge on any atom is 0.573 e. The third-order valence-electron chi connectivity index (χ3n) is 7.12. The molecule has 1 aromatic heterocycles. The number of nitrogens with one attached hydrogen (secondary N) is 3. The van der Waals surface area contributed by atoms with Gasteiger partial charge in [-0.15, -0.1) is 13.2 Å². The largest absolute Gasteiger partial charge is 0.573 e. The van der Waals surface area contributed by atoms with Crippen molar-refractivity contribution >= 4 is 23.4 Å². The Kier molecular flexibility index (Phi) is 9.04. The summed E-state index contributed by atoms with van der Waals surface area (Å²) in [6.07, 6.45) is 1.13. The molecule has 0 radical (unpaired) electrons. The van der Waals surface area contributed by atoms with E-state index in [1.165, 1.54) is 25.1 Å². The highest BCUT2D eigenvalue weighted by Crippen LogP contribution is 2.31. The average molecular weight is 552 g/mol. The van der Waals surface area contributed by atoms with Gasteiger partial charge in [-0.3, -0.25) is 19.8 Å². The van der Waals surface area contributed by atoms with Gasteiger partial charge in [-0.1, -0.05) is 18.2 Å². The van der Waals surface area contributed by atoms with Crippen LogP contribution in [0, 0.1) is 16.0 Å². The topological polar surface area (TPSA) is 135 Å². The van der Waals surface area contributed by atoms with E-state index >= 15 is 0 Å². The van der Waals surface area contributed by atoms with Crippen LogP contribution in [0.2, 0.25) is 0 Å². The smallest absolute Gasteiger partial charge is 0.405 e. The molecule has 14 heteroatoms. The number of carbonyl (C=O) groups is 1. The van der Waals surface area contributed by atoms with Gasteiger partial charge < -0.3 is 20.7 Å². The van der Waals surface area contributed by atoms with E-state index in [1.54, 1.807) is 6.07 Å². The Morgan fingerprint density at radius 1 is 1.18 bits per heavy atom. The normalized spacial score (nSPS) is 21.8. The first-order valence-corrected chi connectivity index (χ1v) is 12.9. The van der Waals surface area contributed by atoms with E-state index in [-0.39, 0.29) is 47.3 Å². The van der Waals surface area contributed by atoms with Gasteiger partial charge in [0.05, 0.1) is 4.92 Å². The highest BCUT2D eigenvalue weighted by molar-refractivity contribution is 5.73. The fraction of sp³-hybridized carbons (Fsp3) is 0.560. The molecule has 1 aliphatic carbocycles. The van der Waals surface area contributed by atoms with Crippen LogP contribution in [0.25, 0.3) is 0 Å². The Labute approximate surface area is 223 Å². The molecule has 3 N–H and O–H groups in total. The number of halogens is 3. The molecular weight excluding hydrogens is 519 g/mol. The lowest BCUT2D eigenvalue weighted by atomic mass is 9.85. The number of nitrogens with zero attached hydrogens (tertiary/aromatic N) is 4. The molecule has 0 spiro atoms. The molecule has 0 bridgehead atoms. The van der Waals surface area contributed by atoms with E-state index in [1.807, 2.05) is 0 Å². The summed E-state index contributed by atoms with van der Waals surface area (Å²) in [6.45, 7) is 3.79. The fourth-order valence-corrected chi connectivity index (χ4v) is 5.25. The molecule has 1 saturated carbocycles. The Bertz CT molecular complexity index is 1160. The van der Waals surface area contributed by atoms with Crippen molar-refractivity contribution in [3.05, 3.63) is 46.1 Å². The van der Waals surface area contributed by atoms with E-state index in [0.29, 0.717) is 18.5 Å². The van der Waals surface area contributed by atoms with Crippen LogP contribution in [0.4, 0.5) is 30.6 Å². The first-order chi connectivity index (χ1) is 18.6. The van der Waals surface area contributed by atoms with Crippen molar-refractivity contribution in [2.45, 2.75) is 64.0 Å². The Hall–Kier alpha value is -3.68. The summed E-state index contributed by atoms with van der Waals surface area (Å²) in [5.41, 5.74) is -0.0550. The van der Waals surface area contributed by atoms with Crippen LogP contribution in [0.1, 0.15) is 44.6 Å². The van der Waals surface area contributed by atoms with Crippen molar-refractivity contribution < 1.29 is 27.6 Å². The van der Waals surface area contributed by atoms with Crippen LogP contribution in [0.3, 0.4) is 0 Å². The van der Waals surface area contributed by atoms with Crippen molar-refractivity contribution in [2.24, 2.45) is 5.92 Å². The van der Waals surface area contributed by atoms with Crippen molar-refractivity contribution in [2.75, 3.05) is 30.3 Å². The minimum atomic E-state index is -4.83. The summed E-state index contributed by atoms with van der Waals surface area (Å²) in [4.78, 5) is 32.9. The number of rotatable bonds is 10. The zero-order chi connectivity index (χ0) is 28.0. The zero-order valence-corrected chi connectivity index (χ0v) is 21.5. The quantitative estimate of drug-likeness (QED) is 0.295. The number of hydrogen-bond donors (Lipinski definition) is 3. The summed E-state index contributed by atoms with van der Waals surface area (Å²) in [5.74, 6) is 0.0444. The molecule has 1 saturated heterocycles. The minimum Gasteiger partial charge on any atom is -0.405 e. The molecule has 0 unspecified atom stereocenters. The van der Waals surface area contributed by atoms with Gasteiger partial charge in [-0.2, -0.15) is 4.98 Å². The summed E-state index contributed by atoms with van der Waals surface area (Å²) in [5, 5.41) is 20.4. The number of amides is 1. The lowest BCUT2D eigenvalue weighted by Crippen LogP contribution is -2.41. The number of hydrogen-bond acceptors (Lipinski definition) is 9. The third-order valence-corrected chi connectivity index (χ3v) is 7.12. The number of alkyl halides is 3.